The molecule has 0 fully saturated rings. The molecule has 0 aromatic heterocycles. The van der Waals surface area contributed by atoms with E-state index in [4.69, 9.17) is 17.3 Å². The number of anilines is 1. The van der Waals surface area contributed by atoms with Crippen LogP contribution in [0.4, 0.5) is 10.1 Å². The molecule has 2 aromatic carbocycles. The van der Waals surface area contributed by atoms with Crippen molar-refractivity contribution in [2.24, 2.45) is 5.73 Å². The lowest BCUT2D eigenvalue weighted by Gasteiger charge is -2.40. The Bertz CT molecular complexity index is 600. The average molecular weight is 307 g/mol. The highest BCUT2D eigenvalue weighted by Crippen LogP contribution is 2.26. The van der Waals surface area contributed by atoms with Crippen LogP contribution in [0.15, 0.2) is 48.5 Å². The van der Waals surface area contributed by atoms with E-state index in [1.807, 2.05) is 42.3 Å². The van der Waals surface area contributed by atoms with Gasteiger partial charge in [-0.1, -0.05) is 29.8 Å². The zero-order valence-corrected chi connectivity index (χ0v) is 13.1. The molecule has 2 rings (SSSR count). The fraction of sp³-hybridized carbons (Fsp3) is 0.294. The topological polar surface area (TPSA) is 29.3 Å². The molecule has 0 radical (unpaired) electrons. The molecule has 0 aliphatic heterocycles. The largest absolute Gasteiger partial charge is 0.368 e. The van der Waals surface area contributed by atoms with Crippen LogP contribution in [0, 0.1) is 5.82 Å². The third-order valence-electron chi connectivity index (χ3n) is 3.94. The predicted molar refractivity (Wildman–Crippen MR) is 87.4 cm³/mol. The second-order valence-electron chi connectivity index (χ2n) is 5.54. The molecule has 4 heteroatoms. The van der Waals surface area contributed by atoms with Crippen molar-refractivity contribution in [3.63, 3.8) is 0 Å². The van der Waals surface area contributed by atoms with Crippen molar-refractivity contribution in [2.45, 2.75) is 18.9 Å². The number of rotatable bonds is 5. The van der Waals surface area contributed by atoms with Crippen LogP contribution in [0.5, 0.6) is 0 Å². The summed E-state index contributed by atoms with van der Waals surface area (Å²) in [7, 11) is 1.94. The molecule has 0 heterocycles. The minimum atomic E-state index is -0.304. The van der Waals surface area contributed by atoms with Gasteiger partial charge in [-0.3, -0.25) is 0 Å². The molecular formula is C17H20ClFN2. The third-order valence-corrected chi connectivity index (χ3v) is 4.20. The fourth-order valence-electron chi connectivity index (χ4n) is 2.37. The normalized spacial score (nSPS) is 13.8. The zero-order chi connectivity index (χ0) is 15.5. The van der Waals surface area contributed by atoms with Gasteiger partial charge in [0.1, 0.15) is 5.82 Å². The number of hydrogen-bond donors (Lipinski definition) is 1. The van der Waals surface area contributed by atoms with Gasteiger partial charge in [-0.05, 0) is 49.2 Å². The summed E-state index contributed by atoms with van der Waals surface area (Å²) in [5, 5.41) is 0.715. The van der Waals surface area contributed by atoms with Crippen LogP contribution < -0.4 is 10.6 Å². The lowest BCUT2D eigenvalue weighted by Crippen LogP contribution is -2.51. The van der Waals surface area contributed by atoms with Crippen molar-refractivity contribution in [1.82, 2.24) is 0 Å². The molecule has 112 valence electrons. The van der Waals surface area contributed by atoms with Gasteiger partial charge in [0.15, 0.2) is 0 Å². The van der Waals surface area contributed by atoms with Crippen molar-refractivity contribution in [2.75, 3.05) is 18.5 Å². The van der Waals surface area contributed by atoms with Gasteiger partial charge in [0, 0.05) is 24.3 Å². The third kappa shape index (κ3) is 3.74. The first kappa shape index (κ1) is 15.8. The first-order valence-electron chi connectivity index (χ1n) is 6.88. The Morgan fingerprint density at radius 3 is 2.43 bits per heavy atom. The number of nitrogens with zero attached hydrogens (tertiary/aromatic N) is 1. The highest BCUT2D eigenvalue weighted by atomic mass is 35.5. The SMILES string of the molecule is CN(c1cccc(F)c1)C(C)(CN)Cc1ccc(Cl)cc1. The Kier molecular flexibility index (Phi) is 4.86. The summed E-state index contributed by atoms with van der Waals surface area (Å²) in [4.78, 5) is 2.03. The molecular weight excluding hydrogens is 287 g/mol. The smallest absolute Gasteiger partial charge is 0.125 e. The van der Waals surface area contributed by atoms with Crippen LogP contribution in [-0.4, -0.2) is 19.1 Å². The van der Waals surface area contributed by atoms with Crippen LogP contribution in [0.2, 0.25) is 5.02 Å². The Morgan fingerprint density at radius 1 is 1.19 bits per heavy atom. The first-order chi connectivity index (χ1) is 9.94. The summed E-state index contributed by atoms with van der Waals surface area (Å²) >= 11 is 5.92. The van der Waals surface area contributed by atoms with Crippen molar-refractivity contribution in [1.29, 1.82) is 0 Å². The molecule has 0 bridgehead atoms. The van der Waals surface area contributed by atoms with Crippen LogP contribution in [0.25, 0.3) is 0 Å². The van der Waals surface area contributed by atoms with Crippen LogP contribution >= 0.6 is 11.6 Å². The summed E-state index contributed by atoms with van der Waals surface area (Å²) < 4.78 is 13.4. The van der Waals surface area contributed by atoms with Gasteiger partial charge in [0.2, 0.25) is 0 Å². The Hall–Kier alpha value is -1.58. The maximum absolute atomic E-state index is 13.4. The van der Waals surface area contributed by atoms with E-state index < -0.39 is 0 Å². The number of likely N-dealkylation sites (N-methyl/N-ethyl adjacent to an activating group) is 1. The quantitative estimate of drug-likeness (QED) is 0.908. The Balaban J connectivity index is 2.25. The van der Waals surface area contributed by atoms with E-state index in [0.717, 1.165) is 17.7 Å². The second kappa shape index (κ2) is 6.46. The van der Waals surface area contributed by atoms with Crippen molar-refractivity contribution >= 4 is 17.3 Å². The van der Waals surface area contributed by atoms with Crippen molar-refractivity contribution < 1.29 is 4.39 Å². The molecule has 2 nitrogen and oxygen atoms in total. The van der Waals surface area contributed by atoms with E-state index in [9.17, 15) is 4.39 Å². The predicted octanol–water partition coefficient (Wildman–Crippen LogP) is 3.88. The molecule has 0 aliphatic rings. The number of nitrogens with two attached hydrogens (primary N) is 1. The van der Waals surface area contributed by atoms with E-state index >= 15 is 0 Å². The van der Waals surface area contributed by atoms with Crippen LogP contribution in [0.3, 0.4) is 0 Å². The molecule has 21 heavy (non-hydrogen) atoms. The lowest BCUT2D eigenvalue weighted by molar-refractivity contribution is 0.449. The molecule has 0 spiro atoms. The minimum absolute atomic E-state index is 0.245. The van der Waals surface area contributed by atoms with Gasteiger partial charge < -0.3 is 10.6 Å². The standard InChI is InChI=1S/C17H20ClFN2/c1-17(12-20,11-13-6-8-14(18)9-7-13)21(2)16-5-3-4-15(19)10-16/h3-10H,11-12,20H2,1-2H3. The summed E-state index contributed by atoms with van der Waals surface area (Å²) in [5.41, 5.74) is 7.66. The summed E-state index contributed by atoms with van der Waals surface area (Å²) in [6, 6.07) is 14.3. The number of benzene rings is 2. The molecule has 1 unspecified atom stereocenters. The van der Waals surface area contributed by atoms with E-state index in [1.165, 1.54) is 12.1 Å². The van der Waals surface area contributed by atoms with Crippen LogP contribution in [0.1, 0.15) is 12.5 Å². The van der Waals surface area contributed by atoms with Gasteiger partial charge in [0.25, 0.3) is 0 Å². The molecule has 0 saturated heterocycles. The molecule has 2 N–H and O–H groups in total. The van der Waals surface area contributed by atoms with E-state index in [-0.39, 0.29) is 11.4 Å². The molecule has 0 amide bonds. The van der Waals surface area contributed by atoms with E-state index in [0.29, 0.717) is 11.6 Å². The van der Waals surface area contributed by atoms with E-state index in [2.05, 4.69) is 6.92 Å². The number of hydrogen-bond acceptors (Lipinski definition) is 2. The molecule has 0 saturated carbocycles. The van der Waals surface area contributed by atoms with E-state index in [1.54, 1.807) is 6.07 Å². The highest BCUT2D eigenvalue weighted by Gasteiger charge is 2.28. The van der Waals surface area contributed by atoms with Gasteiger partial charge in [-0.2, -0.15) is 0 Å². The minimum Gasteiger partial charge on any atom is -0.368 e. The first-order valence-corrected chi connectivity index (χ1v) is 7.26. The summed E-state index contributed by atoms with van der Waals surface area (Å²) in [6.07, 6.45) is 0.758. The zero-order valence-electron chi connectivity index (χ0n) is 12.3. The van der Waals surface area contributed by atoms with Crippen LogP contribution in [-0.2, 0) is 6.42 Å². The fourth-order valence-corrected chi connectivity index (χ4v) is 2.49. The van der Waals surface area contributed by atoms with Gasteiger partial charge in [-0.15, -0.1) is 0 Å². The van der Waals surface area contributed by atoms with Gasteiger partial charge in [-0.25, -0.2) is 4.39 Å². The summed E-state index contributed by atoms with van der Waals surface area (Å²) in [5.74, 6) is -0.245. The van der Waals surface area contributed by atoms with Gasteiger partial charge >= 0.3 is 0 Å². The average Bonchev–Trinajstić information content (AvgIpc) is 2.48. The number of halogens is 2. The summed E-state index contributed by atoms with van der Waals surface area (Å²) in [6.45, 7) is 2.54. The highest BCUT2D eigenvalue weighted by molar-refractivity contribution is 6.30. The second-order valence-corrected chi connectivity index (χ2v) is 5.98. The van der Waals surface area contributed by atoms with Gasteiger partial charge in [0.05, 0.1) is 5.54 Å². The molecule has 0 aliphatic carbocycles. The maximum Gasteiger partial charge on any atom is 0.125 e. The lowest BCUT2D eigenvalue weighted by atomic mass is 9.90. The maximum atomic E-state index is 13.4. The Morgan fingerprint density at radius 2 is 1.86 bits per heavy atom. The Labute approximate surface area is 130 Å². The van der Waals surface area contributed by atoms with Crippen molar-refractivity contribution in [3.05, 3.63) is 64.9 Å². The monoisotopic (exact) mass is 306 g/mol. The molecule has 1 atom stereocenters. The molecule has 2 aromatic rings. The van der Waals surface area contributed by atoms with Crippen molar-refractivity contribution in [3.8, 4) is 0 Å².